The second kappa shape index (κ2) is 7.27. The number of aromatic nitrogens is 4. The Labute approximate surface area is 180 Å². The zero-order chi connectivity index (χ0) is 20.9. The van der Waals surface area contributed by atoms with Crippen molar-refractivity contribution < 1.29 is 19.4 Å². The van der Waals surface area contributed by atoms with Crippen LogP contribution in [0.2, 0.25) is 0 Å². The number of hydrogen-bond acceptors (Lipinski definition) is 8. The summed E-state index contributed by atoms with van der Waals surface area (Å²) in [7, 11) is 1.56. The van der Waals surface area contributed by atoms with E-state index in [-0.39, 0.29) is 6.61 Å². The molecule has 0 unspecified atom stereocenters. The molecule has 10 nitrogen and oxygen atoms in total. The molecule has 2 N–H and O–H groups in total. The SMILES string of the molecule is CN(C=O)[C@]12CO[C@@H]([C@H](n3cnc4c(NCc5cccc(Br)c5)ncnc43)O1)[C@H]2O. The molecule has 1 aromatic carbocycles. The van der Waals surface area contributed by atoms with Crippen LogP contribution in [0.4, 0.5) is 5.82 Å². The number of fused-ring (bicyclic) bond motifs is 3. The monoisotopic (exact) mass is 474 g/mol. The molecule has 0 radical (unpaired) electrons. The number of nitrogens with one attached hydrogen (secondary N) is 1. The minimum Gasteiger partial charge on any atom is -0.385 e. The van der Waals surface area contributed by atoms with Gasteiger partial charge >= 0.3 is 0 Å². The van der Waals surface area contributed by atoms with Gasteiger partial charge in [0.25, 0.3) is 0 Å². The number of anilines is 1. The number of rotatable bonds is 6. The summed E-state index contributed by atoms with van der Waals surface area (Å²) >= 11 is 3.47. The zero-order valence-corrected chi connectivity index (χ0v) is 17.6. The normalized spacial score (nSPS) is 27.5. The van der Waals surface area contributed by atoms with E-state index in [9.17, 15) is 9.90 Å². The van der Waals surface area contributed by atoms with Gasteiger partial charge < -0.3 is 24.8 Å². The Kier molecular flexibility index (Phi) is 4.69. The Balaban J connectivity index is 1.44. The van der Waals surface area contributed by atoms with Crippen molar-refractivity contribution in [3.8, 4) is 0 Å². The Morgan fingerprint density at radius 3 is 3.10 bits per heavy atom. The van der Waals surface area contributed by atoms with Gasteiger partial charge in [-0.05, 0) is 17.7 Å². The van der Waals surface area contributed by atoms with E-state index in [0.29, 0.717) is 29.9 Å². The maximum Gasteiger partial charge on any atom is 0.211 e. The smallest absolute Gasteiger partial charge is 0.211 e. The standard InChI is InChI=1S/C19H19BrN6O4/c1-25(10-27)19-7-29-14(15(19)28)18(30-19)26-9-24-13-16(22-8-23-17(13)26)21-6-11-3-2-4-12(20)5-11/h2-5,8-10,14-15,18,28H,6-7H2,1H3,(H,21,22,23)/t14-,15-,18-,19-/m1/s1. The predicted molar refractivity (Wildman–Crippen MR) is 109 cm³/mol. The van der Waals surface area contributed by atoms with Crippen molar-refractivity contribution in [1.82, 2.24) is 24.4 Å². The molecule has 4 heterocycles. The van der Waals surface area contributed by atoms with E-state index >= 15 is 0 Å². The molecule has 11 heteroatoms. The highest BCUT2D eigenvalue weighted by Gasteiger charge is 2.64. The fourth-order valence-electron chi connectivity index (χ4n) is 3.97. The highest BCUT2D eigenvalue weighted by atomic mass is 79.9. The van der Waals surface area contributed by atoms with Crippen molar-refractivity contribution in [2.24, 2.45) is 0 Å². The number of likely N-dealkylation sites (N-methyl/N-ethyl adjacent to an activating group) is 1. The molecule has 2 bridgehead atoms. The fourth-order valence-corrected chi connectivity index (χ4v) is 4.41. The van der Waals surface area contributed by atoms with Crippen LogP contribution in [-0.2, 0) is 20.8 Å². The van der Waals surface area contributed by atoms with Crippen LogP contribution in [-0.4, -0.2) is 67.5 Å². The summed E-state index contributed by atoms with van der Waals surface area (Å²) in [5.74, 6) is 0.586. The lowest BCUT2D eigenvalue weighted by Gasteiger charge is -2.36. The van der Waals surface area contributed by atoms with Crippen LogP contribution in [0, 0.1) is 0 Å². The Bertz CT molecular complexity index is 1110. The van der Waals surface area contributed by atoms with Crippen molar-refractivity contribution in [2.75, 3.05) is 19.0 Å². The second-order valence-electron chi connectivity index (χ2n) is 7.32. The Hall–Kier alpha value is -2.60. The highest BCUT2D eigenvalue weighted by Crippen LogP contribution is 2.46. The number of aliphatic hydroxyl groups is 1. The number of hydrogen-bond donors (Lipinski definition) is 2. The van der Waals surface area contributed by atoms with Crippen LogP contribution < -0.4 is 5.32 Å². The van der Waals surface area contributed by atoms with Crippen molar-refractivity contribution >= 4 is 39.3 Å². The highest BCUT2D eigenvalue weighted by molar-refractivity contribution is 9.10. The van der Waals surface area contributed by atoms with Crippen LogP contribution >= 0.6 is 15.9 Å². The minimum absolute atomic E-state index is 0.103. The molecular weight excluding hydrogens is 456 g/mol. The zero-order valence-electron chi connectivity index (χ0n) is 16.0. The van der Waals surface area contributed by atoms with Gasteiger partial charge in [0.1, 0.15) is 18.5 Å². The number of carbonyl (C=O) groups is 1. The van der Waals surface area contributed by atoms with E-state index in [0.717, 1.165) is 10.0 Å². The number of benzene rings is 1. The number of halogens is 1. The largest absolute Gasteiger partial charge is 0.385 e. The molecule has 2 fully saturated rings. The first-order valence-corrected chi connectivity index (χ1v) is 10.1. The quantitative estimate of drug-likeness (QED) is 0.513. The van der Waals surface area contributed by atoms with Crippen molar-refractivity contribution in [3.63, 3.8) is 0 Å². The number of carbonyl (C=O) groups excluding carboxylic acids is 1. The molecule has 2 saturated heterocycles. The maximum absolute atomic E-state index is 11.3. The first-order chi connectivity index (χ1) is 14.5. The molecule has 1 amide bonds. The average molecular weight is 475 g/mol. The molecule has 2 aliphatic heterocycles. The fraction of sp³-hybridized carbons (Fsp3) is 0.368. The summed E-state index contributed by atoms with van der Waals surface area (Å²) in [6, 6.07) is 7.97. The first-order valence-electron chi connectivity index (χ1n) is 9.35. The van der Waals surface area contributed by atoms with Crippen LogP contribution in [0.25, 0.3) is 11.2 Å². The van der Waals surface area contributed by atoms with Gasteiger partial charge in [-0.25, -0.2) is 15.0 Å². The van der Waals surface area contributed by atoms with Gasteiger partial charge in [-0.3, -0.25) is 9.36 Å². The number of imidazole rings is 1. The summed E-state index contributed by atoms with van der Waals surface area (Å²) in [5, 5.41) is 14.0. The second-order valence-corrected chi connectivity index (χ2v) is 8.24. The number of amides is 1. The summed E-state index contributed by atoms with van der Waals surface area (Å²) in [4.78, 5) is 25.7. The molecule has 3 aromatic rings. The summed E-state index contributed by atoms with van der Waals surface area (Å²) < 4.78 is 14.5. The average Bonchev–Trinajstić information content (AvgIpc) is 3.42. The number of ether oxygens (including phenoxy) is 2. The molecule has 0 aliphatic carbocycles. The Morgan fingerprint density at radius 2 is 2.30 bits per heavy atom. The molecule has 156 valence electrons. The van der Waals surface area contributed by atoms with Gasteiger partial charge in [0, 0.05) is 18.1 Å². The Morgan fingerprint density at radius 1 is 1.43 bits per heavy atom. The number of aliphatic hydroxyl groups excluding tert-OH is 1. The lowest BCUT2D eigenvalue weighted by molar-refractivity contribution is -0.222. The molecule has 2 aromatic heterocycles. The molecule has 30 heavy (non-hydrogen) atoms. The lowest BCUT2D eigenvalue weighted by atomic mass is 10.1. The van der Waals surface area contributed by atoms with Crippen molar-refractivity contribution in [1.29, 1.82) is 0 Å². The third-order valence-electron chi connectivity index (χ3n) is 5.60. The van der Waals surface area contributed by atoms with Crippen LogP contribution in [0.1, 0.15) is 11.8 Å². The van der Waals surface area contributed by atoms with E-state index < -0.39 is 24.2 Å². The van der Waals surface area contributed by atoms with Gasteiger partial charge in [-0.1, -0.05) is 28.1 Å². The van der Waals surface area contributed by atoms with E-state index in [1.807, 2.05) is 24.3 Å². The van der Waals surface area contributed by atoms with E-state index in [1.165, 1.54) is 11.2 Å². The maximum atomic E-state index is 11.3. The van der Waals surface area contributed by atoms with Gasteiger partial charge in [-0.2, -0.15) is 0 Å². The molecule has 5 rings (SSSR count). The summed E-state index contributed by atoms with van der Waals surface area (Å²) in [5.41, 5.74) is 0.982. The first kappa shape index (κ1) is 19.4. The van der Waals surface area contributed by atoms with Crippen LogP contribution in [0.15, 0.2) is 41.4 Å². The molecular formula is C19H19BrN6O4. The summed E-state index contributed by atoms with van der Waals surface area (Å²) in [6.45, 7) is 0.668. The molecule has 4 atom stereocenters. The third kappa shape index (κ3) is 2.88. The lowest BCUT2D eigenvalue weighted by Crippen LogP contribution is -2.53. The molecule has 0 saturated carbocycles. The topological polar surface area (TPSA) is 115 Å². The van der Waals surface area contributed by atoms with Crippen LogP contribution in [0.3, 0.4) is 0 Å². The molecule has 0 spiro atoms. The number of nitrogens with zero attached hydrogens (tertiary/aromatic N) is 5. The van der Waals surface area contributed by atoms with E-state index in [1.54, 1.807) is 17.9 Å². The van der Waals surface area contributed by atoms with Crippen molar-refractivity contribution in [2.45, 2.75) is 30.7 Å². The third-order valence-corrected chi connectivity index (χ3v) is 6.09. The van der Waals surface area contributed by atoms with Crippen molar-refractivity contribution in [3.05, 3.63) is 47.0 Å². The van der Waals surface area contributed by atoms with Gasteiger partial charge in [0.2, 0.25) is 6.41 Å². The van der Waals surface area contributed by atoms with Gasteiger partial charge in [0.15, 0.2) is 28.9 Å². The van der Waals surface area contributed by atoms with Gasteiger partial charge in [0.05, 0.1) is 12.9 Å². The van der Waals surface area contributed by atoms with Gasteiger partial charge in [-0.15, -0.1) is 0 Å². The minimum atomic E-state index is -1.22. The van der Waals surface area contributed by atoms with Crippen LogP contribution in [0.5, 0.6) is 0 Å². The summed E-state index contributed by atoms with van der Waals surface area (Å²) in [6.07, 6.45) is 1.36. The van der Waals surface area contributed by atoms with E-state index in [4.69, 9.17) is 9.47 Å². The molecule has 2 aliphatic rings. The van der Waals surface area contributed by atoms with E-state index in [2.05, 4.69) is 36.2 Å². The predicted octanol–water partition coefficient (Wildman–Crippen LogP) is 1.27.